The second kappa shape index (κ2) is 7.64. The molecule has 0 atom stereocenters. The Kier molecular flexibility index (Phi) is 4.47. The molecule has 5 heteroatoms. The maximum Gasteiger partial charge on any atom is 0.0659 e. The van der Waals surface area contributed by atoms with Gasteiger partial charge < -0.3 is 14.9 Å². The Labute approximate surface area is 191 Å². The highest BCUT2D eigenvalue weighted by atomic mass is 15.1. The van der Waals surface area contributed by atoms with E-state index >= 15 is 0 Å². The van der Waals surface area contributed by atoms with E-state index in [1.807, 2.05) is 30.4 Å². The lowest BCUT2D eigenvalue weighted by Gasteiger charge is -2.16. The molecular formula is C28H23N5. The Morgan fingerprint density at radius 2 is 1.21 bits per heavy atom. The fraction of sp³-hybridized carbons (Fsp3) is 0.0714. The Balaban J connectivity index is 1.68. The summed E-state index contributed by atoms with van der Waals surface area (Å²) in [7, 11) is 4.15. The minimum Gasteiger partial charge on any atom is -0.377 e. The van der Waals surface area contributed by atoms with Crippen LogP contribution in [0.2, 0.25) is 0 Å². The molecule has 33 heavy (non-hydrogen) atoms. The number of nitrogens with zero attached hydrogens (tertiary/aromatic N) is 3. The van der Waals surface area contributed by atoms with Crippen LogP contribution in [0.25, 0.3) is 57.5 Å². The van der Waals surface area contributed by atoms with Crippen LogP contribution in [0, 0.1) is 0 Å². The Morgan fingerprint density at radius 3 is 1.94 bits per heavy atom. The van der Waals surface area contributed by atoms with Crippen molar-refractivity contribution in [2.45, 2.75) is 0 Å². The zero-order chi connectivity index (χ0) is 22.4. The Hall–Kier alpha value is -4.38. The van der Waals surface area contributed by atoms with Crippen molar-refractivity contribution in [3.05, 3.63) is 89.5 Å². The van der Waals surface area contributed by atoms with Crippen molar-refractivity contribution in [3.8, 4) is 11.1 Å². The van der Waals surface area contributed by atoms with Gasteiger partial charge in [0.2, 0.25) is 0 Å². The van der Waals surface area contributed by atoms with E-state index < -0.39 is 0 Å². The summed E-state index contributed by atoms with van der Waals surface area (Å²) in [6.07, 6.45) is 8.12. The number of H-pyrrole nitrogens is 2. The van der Waals surface area contributed by atoms with Gasteiger partial charge in [-0.1, -0.05) is 18.2 Å². The van der Waals surface area contributed by atoms with E-state index in [1.165, 1.54) is 11.3 Å². The minimum absolute atomic E-state index is 0.897. The number of para-hydroxylation sites is 1. The number of nitrogens with one attached hydrogen (secondary N) is 2. The molecule has 3 aromatic heterocycles. The van der Waals surface area contributed by atoms with Gasteiger partial charge >= 0.3 is 0 Å². The van der Waals surface area contributed by atoms with Gasteiger partial charge in [-0.15, -0.1) is 0 Å². The number of anilines is 1. The standard InChI is InChI=1S/C28H23N5/c1-33(2)28-6-4-3-5-25(28)26-16-24-15-22-10-9-20(30-22)13-18-7-8-19(29-18)14-21-11-12-23(31-21)17-27(26)32-24/h3-17,30,32H,1-2H3. The van der Waals surface area contributed by atoms with Crippen LogP contribution >= 0.6 is 0 Å². The fourth-order valence-electron chi connectivity index (χ4n) is 4.33. The SMILES string of the molecule is CN(C)c1ccccc1-c1cc2cc3ccc(cc4nc(cc5nc(cc1[nH]2)C=C5)C=C4)[nH]3. The zero-order valence-corrected chi connectivity index (χ0v) is 18.5. The average molecular weight is 430 g/mol. The van der Waals surface area contributed by atoms with Gasteiger partial charge in [0.25, 0.3) is 0 Å². The summed E-state index contributed by atoms with van der Waals surface area (Å²) in [4.78, 5) is 18.7. The van der Waals surface area contributed by atoms with E-state index in [1.54, 1.807) is 0 Å². The number of rotatable bonds is 2. The molecule has 160 valence electrons. The first-order valence-electron chi connectivity index (χ1n) is 11.0. The first kappa shape index (κ1) is 19.3. The quantitative estimate of drug-likeness (QED) is 0.335. The third-order valence-electron chi connectivity index (χ3n) is 5.84. The van der Waals surface area contributed by atoms with E-state index in [0.717, 1.165) is 50.4 Å². The highest BCUT2D eigenvalue weighted by Gasteiger charge is 2.11. The maximum absolute atomic E-state index is 4.80. The highest BCUT2D eigenvalue weighted by Crippen LogP contribution is 2.34. The Bertz CT molecular complexity index is 1600. The van der Waals surface area contributed by atoms with Crippen LogP contribution in [-0.4, -0.2) is 34.0 Å². The van der Waals surface area contributed by atoms with Crippen LogP contribution in [-0.2, 0) is 0 Å². The molecule has 5 heterocycles. The summed E-state index contributed by atoms with van der Waals surface area (Å²) in [5.41, 5.74) is 11.2. The number of fused-ring (bicyclic) bond motifs is 8. The summed E-state index contributed by atoms with van der Waals surface area (Å²) in [6.45, 7) is 0. The average Bonchev–Trinajstić information content (AvgIpc) is 3.59. The van der Waals surface area contributed by atoms with Gasteiger partial charge in [0, 0.05) is 53.0 Å². The van der Waals surface area contributed by atoms with E-state index in [2.05, 4.69) is 89.6 Å². The molecule has 0 amide bonds. The van der Waals surface area contributed by atoms with Crippen molar-refractivity contribution in [2.24, 2.45) is 0 Å². The summed E-state index contributed by atoms with van der Waals surface area (Å²) < 4.78 is 0. The smallest absolute Gasteiger partial charge is 0.0659 e. The molecule has 0 saturated heterocycles. The Morgan fingerprint density at radius 1 is 0.576 bits per heavy atom. The number of hydrogen-bond acceptors (Lipinski definition) is 3. The second-order valence-corrected chi connectivity index (χ2v) is 8.50. The van der Waals surface area contributed by atoms with Crippen LogP contribution in [0.15, 0.2) is 66.7 Å². The van der Waals surface area contributed by atoms with Gasteiger partial charge in [0.15, 0.2) is 0 Å². The number of aromatic amines is 2. The van der Waals surface area contributed by atoms with Gasteiger partial charge in [-0.2, -0.15) is 0 Å². The first-order valence-corrected chi connectivity index (χ1v) is 11.0. The van der Waals surface area contributed by atoms with Gasteiger partial charge in [-0.3, -0.25) is 0 Å². The molecule has 2 aliphatic heterocycles. The van der Waals surface area contributed by atoms with Crippen LogP contribution < -0.4 is 4.90 Å². The zero-order valence-electron chi connectivity index (χ0n) is 18.5. The van der Waals surface area contributed by atoms with Crippen molar-refractivity contribution in [1.82, 2.24) is 19.9 Å². The van der Waals surface area contributed by atoms with Crippen LogP contribution in [0.1, 0.15) is 22.8 Å². The van der Waals surface area contributed by atoms with Gasteiger partial charge in [-0.05, 0) is 72.8 Å². The normalized spacial score (nSPS) is 12.3. The molecule has 2 N–H and O–H groups in total. The summed E-state index contributed by atoms with van der Waals surface area (Å²) in [5.74, 6) is 0. The molecule has 4 aromatic rings. The first-order chi connectivity index (χ1) is 16.1. The van der Waals surface area contributed by atoms with Crippen LogP contribution in [0.4, 0.5) is 5.69 Å². The van der Waals surface area contributed by atoms with Crippen molar-refractivity contribution in [3.63, 3.8) is 0 Å². The topological polar surface area (TPSA) is 60.6 Å². The monoisotopic (exact) mass is 429 g/mol. The number of aromatic nitrogens is 4. The van der Waals surface area contributed by atoms with Crippen LogP contribution in [0.5, 0.6) is 0 Å². The molecule has 1 aromatic carbocycles. The van der Waals surface area contributed by atoms with Gasteiger partial charge in [0.1, 0.15) is 0 Å². The fourth-order valence-corrected chi connectivity index (χ4v) is 4.33. The minimum atomic E-state index is 0.897. The molecule has 5 nitrogen and oxygen atoms in total. The molecule has 0 saturated carbocycles. The molecule has 6 rings (SSSR count). The van der Waals surface area contributed by atoms with Crippen molar-refractivity contribution in [2.75, 3.05) is 19.0 Å². The lowest BCUT2D eigenvalue weighted by Crippen LogP contribution is -2.09. The molecule has 0 fully saturated rings. The van der Waals surface area contributed by atoms with Crippen molar-refractivity contribution < 1.29 is 0 Å². The molecule has 0 spiro atoms. The number of hydrogen-bond donors (Lipinski definition) is 2. The second-order valence-electron chi connectivity index (χ2n) is 8.50. The molecular weight excluding hydrogens is 406 g/mol. The van der Waals surface area contributed by atoms with Crippen LogP contribution in [0.3, 0.4) is 0 Å². The largest absolute Gasteiger partial charge is 0.377 e. The van der Waals surface area contributed by atoms with E-state index in [9.17, 15) is 0 Å². The van der Waals surface area contributed by atoms with Crippen molar-refractivity contribution >= 4 is 52.1 Å². The number of benzene rings is 1. The lowest BCUT2D eigenvalue weighted by atomic mass is 10.0. The molecule has 0 unspecified atom stereocenters. The van der Waals surface area contributed by atoms with Gasteiger partial charge in [0.05, 0.1) is 22.8 Å². The molecule has 8 bridgehead atoms. The summed E-state index contributed by atoms with van der Waals surface area (Å²) in [6, 6.07) is 23.1. The predicted octanol–water partition coefficient (Wildman–Crippen LogP) is 6.39. The lowest BCUT2D eigenvalue weighted by molar-refractivity contribution is 1.13. The summed E-state index contributed by atoms with van der Waals surface area (Å²) in [5, 5.41) is 0. The molecule has 2 aliphatic rings. The van der Waals surface area contributed by atoms with E-state index in [0.29, 0.717) is 0 Å². The van der Waals surface area contributed by atoms with E-state index in [4.69, 9.17) is 9.97 Å². The van der Waals surface area contributed by atoms with Crippen molar-refractivity contribution in [1.29, 1.82) is 0 Å². The maximum atomic E-state index is 4.80. The molecule has 0 aliphatic carbocycles. The molecule has 0 radical (unpaired) electrons. The van der Waals surface area contributed by atoms with E-state index in [-0.39, 0.29) is 0 Å². The van der Waals surface area contributed by atoms with Gasteiger partial charge in [-0.25, -0.2) is 9.97 Å². The third-order valence-corrected chi connectivity index (χ3v) is 5.84. The highest BCUT2D eigenvalue weighted by molar-refractivity contribution is 5.92. The summed E-state index contributed by atoms with van der Waals surface area (Å²) >= 11 is 0. The third kappa shape index (κ3) is 3.74. The predicted molar refractivity (Wildman–Crippen MR) is 139 cm³/mol.